The number of hydrogen-bond acceptors (Lipinski definition) is 7. The number of ether oxygens (including phenoxy) is 2. The highest BCUT2D eigenvalue weighted by Crippen LogP contribution is 2.41. The van der Waals surface area contributed by atoms with E-state index in [1.54, 1.807) is 23.7 Å². The summed E-state index contributed by atoms with van der Waals surface area (Å²) in [6.45, 7) is 5.93. The molecule has 1 fully saturated rings. The Hall–Kier alpha value is -2.72. The van der Waals surface area contributed by atoms with Crippen molar-refractivity contribution in [2.75, 3.05) is 32.9 Å². The minimum Gasteiger partial charge on any atom is -0.461 e. The molecule has 1 aromatic heterocycles. The topological polar surface area (TPSA) is 90.7 Å². The van der Waals surface area contributed by atoms with Crippen molar-refractivity contribution < 1.29 is 22.7 Å². The largest absolute Gasteiger partial charge is 0.461 e. The van der Waals surface area contributed by atoms with Crippen LogP contribution in [0.1, 0.15) is 28.5 Å². The van der Waals surface area contributed by atoms with E-state index >= 15 is 0 Å². The van der Waals surface area contributed by atoms with Crippen LogP contribution < -0.4 is 0 Å². The van der Waals surface area contributed by atoms with Crippen LogP contribution in [0.3, 0.4) is 0 Å². The van der Waals surface area contributed by atoms with Crippen molar-refractivity contribution >= 4 is 27.4 Å². The van der Waals surface area contributed by atoms with E-state index in [1.807, 2.05) is 24.3 Å². The van der Waals surface area contributed by atoms with Crippen molar-refractivity contribution in [3.63, 3.8) is 0 Å². The first-order chi connectivity index (χ1) is 16.4. The molecule has 0 amide bonds. The van der Waals surface area contributed by atoms with Crippen molar-refractivity contribution in [3.8, 4) is 16.9 Å². The minimum absolute atomic E-state index is 0.0124. The van der Waals surface area contributed by atoms with Gasteiger partial charge in [0, 0.05) is 35.8 Å². The average molecular weight is 502 g/mol. The van der Waals surface area contributed by atoms with Gasteiger partial charge in [-0.1, -0.05) is 29.8 Å². The highest BCUT2D eigenvalue weighted by molar-refractivity contribution is 7.91. The van der Waals surface area contributed by atoms with Gasteiger partial charge >= 0.3 is 5.97 Å². The number of carbonyl (C=O) groups excluding carboxylic acids is 1. The van der Waals surface area contributed by atoms with Crippen LogP contribution in [0.2, 0.25) is 5.02 Å². The first kappa shape index (κ1) is 23.0. The van der Waals surface area contributed by atoms with Crippen molar-refractivity contribution in [1.82, 2.24) is 14.7 Å². The second-order valence-corrected chi connectivity index (χ2v) is 10.7. The number of rotatable bonds is 5. The van der Waals surface area contributed by atoms with Gasteiger partial charge in [0.1, 0.15) is 0 Å². The number of aromatic nitrogens is 2. The van der Waals surface area contributed by atoms with Gasteiger partial charge in [0.2, 0.25) is 0 Å². The van der Waals surface area contributed by atoms with E-state index in [1.165, 1.54) is 6.07 Å². The van der Waals surface area contributed by atoms with E-state index in [0.29, 0.717) is 21.8 Å². The van der Waals surface area contributed by atoms with Crippen LogP contribution in [0.4, 0.5) is 0 Å². The highest BCUT2D eigenvalue weighted by atomic mass is 35.5. The molecule has 10 heteroatoms. The van der Waals surface area contributed by atoms with E-state index in [-0.39, 0.29) is 22.9 Å². The molecule has 0 bridgehead atoms. The monoisotopic (exact) mass is 501 g/mol. The molecular weight excluding hydrogens is 478 g/mol. The molecule has 8 nitrogen and oxygen atoms in total. The van der Waals surface area contributed by atoms with E-state index in [0.717, 1.165) is 44.1 Å². The Balaban J connectivity index is 1.60. The molecule has 2 aromatic carbocycles. The number of fused-ring (bicyclic) bond motifs is 3. The van der Waals surface area contributed by atoms with Crippen molar-refractivity contribution in [3.05, 3.63) is 64.3 Å². The third-order valence-electron chi connectivity index (χ3n) is 6.01. The smallest absolute Gasteiger partial charge is 0.359 e. The maximum atomic E-state index is 13.0. The summed E-state index contributed by atoms with van der Waals surface area (Å²) < 4.78 is 38.3. The molecule has 0 saturated carbocycles. The van der Waals surface area contributed by atoms with E-state index < -0.39 is 15.8 Å². The fourth-order valence-corrected chi connectivity index (χ4v) is 6.24. The number of benzene rings is 2. The summed E-state index contributed by atoms with van der Waals surface area (Å²) in [7, 11) is -3.70. The Morgan fingerprint density at radius 2 is 1.88 bits per heavy atom. The summed E-state index contributed by atoms with van der Waals surface area (Å²) in [6, 6.07) is 12.6. The van der Waals surface area contributed by atoms with Crippen LogP contribution in [-0.2, 0) is 31.6 Å². The molecule has 5 rings (SSSR count). The molecule has 0 aliphatic carbocycles. The summed E-state index contributed by atoms with van der Waals surface area (Å²) in [5, 5.41) is 4.86. The third kappa shape index (κ3) is 4.24. The van der Waals surface area contributed by atoms with Crippen LogP contribution in [0.15, 0.2) is 47.4 Å². The molecular formula is C24H24ClN3O5S. The molecule has 34 heavy (non-hydrogen) atoms. The van der Waals surface area contributed by atoms with Gasteiger partial charge in [0.05, 0.1) is 41.9 Å². The van der Waals surface area contributed by atoms with Gasteiger partial charge in [-0.15, -0.1) is 0 Å². The SMILES string of the molecule is CCOC(=O)c1nn(-c2ccc(CN3CCOCC3)cc2)c2c1CS(=O)(=O)c1cc(Cl)ccc1-2. The van der Waals surface area contributed by atoms with Gasteiger partial charge in [-0.3, -0.25) is 4.90 Å². The molecule has 3 heterocycles. The Morgan fingerprint density at radius 1 is 1.15 bits per heavy atom. The maximum absolute atomic E-state index is 13.0. The third-order valence-corrected chi connectivity index (χ3v) is 7.92. The van der Waals surface area contributed by atoms with E-state index in [9.17, 15) is 13.2 Å². The summed E-state index contributed by atoms with van der Waals surface area (Å²) in [4.78, 5) is 15.1. The zero-order valence-corrected chi connectivity index (χ0v) is 20.2. The van der Waals surface area contributed by atoms with Crippen molar-refractivity contribution in [1.29, 1.82) is 0 Å². The van der Waals surface area contributed by atoms with Crippen LogP contribution >= 0.6 is 11.6 Å². The first-order valence-electron chi connectivity index (χ1n) is 11.1. The van der Waals surface area contributed by atoms with Gasteiger partial charge in [0.25, 0.3) is 0 Å². The number of morpholine rings is 1. The number of hydrogen-bond donors (Lipinski definition) is 0. The first-order valence-corrected chi connectivity index (χ1v) is 13.1. The van der Waals surface area contributed by atoms with Gasteiger partial charge < -0.3 is 9.47 Å². The standard InChI is InChI=1S/C24H24ClN3O5S/c1-2-33-24(29)22-20-15-34(30,31)21-13-17(25)5-8-19(21)23(20)28(26-22)18-6-3-16(4-7-18)14-27-9-11-32-12-10-27/h3-8,13H,2,9-12,14-15H2,1H3. The Morgan fingerprint density at radius 3 is 2.59 bits per heavy atom. The zero-order chi connectivity index (χ0) is 23.9. The molecule has 0 spiro atoms. The minimum atomic E-state index is -3.70. The lowest BCUT2D eigenvalue weighted by Gasteiger charge is -2.26. The summed E-state index contributed by atoms with van der Waals surface area (Å²) >= 11 is 6.11. The number of halogens is 1. The quantitative estimate of drug-likeness (QED) is 0.494. The van der Waals surface area contributed by atoms with Gasteiger partial charge in [0.15, 0.2) is 15.5 Å². The molecule has 2 aliphatic heterocycles. The maximum Gasteiger partial charge on any atom is 0.359 e. The second-order valence-electron chi connectivity index (χ2n) is 8.26. The number of carbonyl (C=O) groups is 1. The molecule has 0 radical (unpaired) electrons. The Labute approximate surface area is 203 Å². The zero-order valence-electron chi connectivity index (χ0n) is 18.7. The van der Waals surface area contributed by atoms with Crippen LogP contribution in [0, 0.1) is 0 Å². The lowest BCUT2D eigenvalue weighted by molar-refractivity contribution is 0.0342. The van der Waals surface area contributed by atoms with E-state index in [2.05, 4.69) is 10.00 Å². The molecule has 1 saturated heterocycles. The average Bonchev–Trinajstić information content (AvgIpc) is 3.19. The predicted molar refractivity (Wildman–Crippen MR) is 127 cm³/mol. The summed E-state index contributed by atoms with van der Waals surface area (Å²) in [5.41, 5.74) is 3.24. The molecule has 0 N–H and O–H groups in total. The van der Waals surface area contributed by atoms with Crippen LogP contribution in [0.25, 0.3) is 16.9 Å². The molecule has 178 valence electrons. The number of nitrogens with zero attached hydrogens (tertiary/aromatic N) is 3. The highest BCUT2D eigenvalue weighted by Gasteiger charge is 2.36. The van der Waals surface area contributed by atoms with Gasteiger partial charge in [-0.05, 0) is 36.8 Å². The normalized spacial score (nSPS) is 17.1. The van der Waals surface area contributed by atoms with Crippen LogP contribution in [0.5, 0.6) is 0 Å². The molecule has 0 unspecified atom stereocenters. The van der Waals surface area contributed by atoms with Crippen molar-refractivity contribution in [2.45, 2.75) is 24.1 Å². The lowest BCUT2D eigenvalue weighted by Crippen LogP contribution is -2.35. The Bertz CT molecular complexity index is 1350. The van der Waals surface area contributed by atoms with Gasteiger partial charge in [-0.25, -0.2) is 17.9 Å². The fraction of sp³-hybridized carbons (Fsp3) is 0.333. The predicted octanol–water partition coefficient (Wildman–Crippen LogP) is 3.49. The van der Waals surface area contributed by atoms with Gasteiger partial charge in [-0.2, -0.15) is 5.10 Å². The summed E-state index contributed by atoms with van der Waals surface area (Å²) in [6.07, 6.45) is 0. The molecule has 3 aromatic rings. The lowest BCUT2D eigenvalue weighted by atomic mass is 10.1. The number of sulfone groups is 1. The fourth-order valence-electron chi connectivity index (χ4n) is 4.39. The number of esters is 1. The van der Waals surface area contributed by atoms with Crippen molar-refractivity contribution in [2.24, 2.45) is 0 Å². The molecule has 2 aliphatic rings. The summed E-state index contributed by atoms with van der Waals surface area (Å²) in [5.74, 6) is -0.993. The van der Waals surface area contributed by atoms with E-state index in [4.69, 9.17) is 21.1 Å². The second kappa shape index (κ2) is 9.14. The molecule has 0 atom stereocenters. The Kier molecular flexibility index (Phi) is 6.20. The van der Waals surface area contributed by atoms with Crippen LogP contribution in [-0.4, -0.2) is 62.0 Å².